The maximum Gasteiger partial charge on any atom is 0.224 e. The predicted molar refractivity (Wildman–Crippen MR) is 59.1 cm³/mol. The van der Waals surface area contributed by atoms with Gasteiger partial charge in [0.15, 0.2) is 0 Å². The molecule has 0 aromatic carbocycles. The molecule has 6 heteroatoms. The molecule has 0 spiro atoms. The molecular formula is C10H11ClN4O. The van der Waals surface area contributed by atoms with Gasteiger partial charge in [0.1, 0.15) is 5.82 Å². The van der Waals surface area contributed by atoms with Crippen molar-refractivity contribution >= 4 is 17.4 Å². The summed E-state index contributed by atoms with van der Waals surface area (Å²) in [5.41, 5.74) is 0.896. The van der Waals surface area contributed by atoms with Gasteiger partial charge in [0, 0.05) is 11.8 Å². The predicted octanol–water partition coefficient (Wildman–Crippen LogP) is 1.39. The molecule has 1 aliphatic heterocycles. The van der Waals surface area contributed by atoms with Crippen LogP contribution in [0.15, 0.2) is 6.20 Å². The maximum atomic E-state index is 8.91. The summed E-state index contributed by atoms with van der Waals surface area (Å²) in [4.78, 5) is 7.95. The molecule has 5 nitrogen and oxygen atoms in total. The van der Waals surface area contributed by atoms with Crippen LogP contribution in [0.1, 0.15) is 5.56 Å². The van der Waals surface area contributed by atoms with E-state index in [1.54, 1.807) is 6.20 Å². The summed E-state index contributed by atoms with van der Waals surface area (Å²) in [6, 6.07) is 2.17. The zero-order chi connectivity index (χ0) is 11.5. The molecule has 2 unspecified atom stereocenters. The lowest BCUT2D eigenvalue weighted by atomic mass is 10.1. The van der Waals surface area contributed by atoms with Gasteiger partial charge >= 0.3 is 0 Å². The Bertz CT molecular complexity index is 431. The highest BCUT2D eigenvalue weighted by Crippen LogP contribution is 2.20. The Labute approximate surface area is 98.4 Å². The third-order valence-electron chi connectivity index (χ3n) is 2.51. The average Bonchev–Trinajstić information content (AvgIpc) is 2.71. The van der Waals surface area contributed by atoms with Crippen LogP contribution in [0.3, 0.4) is 0 Å². The summed E-state index contributed by atoms with van der Waals surface area (Å²) < 4.78 is 5.24. The third-order valence-corrected chi connectivity index (χ3v) is 2.69. The Hall–Kier alpha value is -1.38. The van der Waals surface area contributed by atoms with E-state index >= 15 is 0 Å². The van der Waals surface area contributed by atoms with Crippen LogP contribution in [0.4, 0.5) is 5.82 Å². The molecule has 1 N–H and O–H groups in total. The van der Waals surface area contributed by atoms with E-state index in [4.69, 9.17) is 21.6 Å². The number of anilines is 1. The molecule has 1 aromatic rings. The van der Waals surface area contributed by atoms with Crippen LogP contribution in [-0.4, -0.2) is 29.2 Å². The minimum atomic E-state index is -0.145. The Balaban J connectivity index is 2.14. The van der Waals surface area contributed by atoms with E-state index in [1.807, 2.05) is 6.92 Å². The van der Waals surface area contributed by atoms with Crippen molar-refractivity contribution in [2.45, 2.75) is 13.0 Å². The number of halogens is 1. The van der Waals surface area contributed by atoms with Crippen molar-refractivity contribution < 1.29 is 4.74 Å². The molecule has 0 saturated carbocycles. The minimum Gasteiger partial charge on any atom is -0.378 e. The van der Waals surface area contributed by atoms with Gasteiger partial charge < -0.3 is 10.1 Å². The summed E-state index contributed by atoms with van der Waals surface area (Å²) in [7, 11) is 0. The fraction of sp³-hybridized carbons (Fsp3) is 0.500. The van der Waals surface area contributed by atoms with Crippen molar-refractivity contribution in [3.63, 3.8) is 0 Å². The van der Waals surface area contributed by atoms with E-state index < -0.39 is 0 Å². The number of rotatable bonds is 2. The molecule has 84 valence electrons. The highest BCUT2D eigenvalue weighted by molar-refractivity contribution is 6.28. The number of nitrogens with zero attached hydrogens (tertiary/aromatic N) is 3. The van der Waals surface area contributed by atoms with E-state index in [1.165, 1.54) is 0 Å². The molecule has 1 aromatic heterocycles. The van der Waals surface area contributed by atoms with Crippen molar-refractivity contribution in [1.29, 1.82) is 5.26 Å². The van der Waals surface area contributed by atoms with Crippen molar-refractivity contribution in [2.75, 3.05) is 18.5 Å². The van der Waals surface area contributed by atoms with Gasteiger partial charge in [-0.1, -0.05) is 0 Å². The lowest BCUT2D eigenvalue weighted by Crippen LogP contribution is -2.27. The second-order valence-corrected chi connectivity index (χ2v) is 4.03. The fourth-order valence-electron chi connectivity index (χ4n) is 1.57. The number of nitrogens with one attached hydrogen (secondary N) is 1. The Morgan fingerprint density at radius 3 is 3.19 bits per heavy atom. The SMILES string of the molecule is Cc1cnc(Cl)nc1NC1COCC1C#N. The van der Waals surface area contributed by atoms with Crippen LogP contribution < -0.4 is 5.32 Å². The molecule has 0 amide bonds. The maximum absolute atomic E-state index is 8.91. The molecule has 1 fully saturated rings. The number of aryl methyl sites for hydroxylation is 1. The van der Waals surface area contributed by atoms with Crippen LogP contribution in [0.5, 0.6) is 0 Å². The number of hydrogen-bond donors (Lipinski definition) is 1. The first kappa shape index (κ1) is 11.1. The number of ether oxygens (including phenoxy) is 1. The van der Waals surface area contributed by atoms with Gasteiger partial charge in [-0.25, -0.2) is 9.97 Å². The van der Waals surface area contributed by atoms with E-state index in [2.05, 4.69) is 21.4 Å². The van der Waals surface area contributed by atoms with Crippen LogP contribution in [0.25, 0.3) is 0 Å². The number of nitriles is 1. The summed E-state index contributed by atoms with van der Waals surface area (Å²) in [5, 5.41) is 12.3. The zero-order valence-corrected chi connectivity index (χ0v) is 9.53. The topological polar surface area (TPSA) is 70.8 Å². The molecule has 16 heavy (non-hydrogen) atoms. The van der Waals surface area contributed by atoms with Crippen molar-refractivity contribution in [1.82, 2.24) is 9.97 Å². The molecule has 1 saturated heterocycles. The molecule has 1 aliphatic rings. The molecular weight excluding hydrogens is 228 g/mol. The van der Waals surface area contributed by atoms with E-state index in [0.717, 1.165) is 5.56 Å². The van der Waals surface area contributed by atoms with E-state index in [9.17, 15) is 0 Å². The van der Waals surface area contributed by atoms with E-state index in [-0.39, 0.29) is 17.2 Å². The van der Waals surface area contributed by atoms with Gasteiger partial charge in [0.2, 0.25) is 5.28 Å². The van der Waals surface area contributed by atoms with Crippen molar-refractivity contribution in [3.05, 3.63) is 17.0 Å². The highest BCUT2D eigenvalue weighted by Gasteiger charge is 2.28. The van der Waals surface area contributed by atoms with Gasteiger partial charge in [-0.15, -0.1) is 0 Å². The first-order chi connectivity index (χ1) is 7.70. The van der Waals surface area contributed by atoms with Crippen molar-refractivity contribution in [3.8, 4) is 6.07 Å². The van der Waals surface area contributed by atoms with Crippen LogP contribution in [-0.2, 0) is 4.74 Å². The van der Waals surface area contributed by atoms with E-state index in [0.29, 0.717) is 19.0 Å². The molecule has 2 rings (SSSR count). The summed E-state index contributed by atoms with van der Waals surface area (Å²) in [5.74, 6) is 0.517. The first-order valence-corrected chi connectivity index (χ1v) is 5.31. The number of hydrogen-bond acceptors (Lipinski definition) is 5. The first-order valence-electron chi connectivity index (χ1n) is 4.93. The Morgan fingerprint density at radius 1 is 1.62 bits per heavy atom. The molecule has 0 bridgehead atoms. The van der Waals surface area contributed by atoms with Gasteiger partial charge in [-0.2, -0.15) is 5.26 Å². The van der Waals surface area contributed by atoms with Gasteiger partial charge in [-0.05, 0) is 18.5 Å². The summed E-state index contributed by atoms with van der Waals surface area (Å²) in [6.07, 6.45) is 1.65. The summed E-state index contributed by atoms with van der Waals surface area (Å²) in [6.45, 7) is 2.86. The molecule has 2 heterocycles. The third kappa shape index (κ3) is 2.23. The molecule has 2 atom stereocenters. The standard InChI is InChI=1S/C10H11ClN4O/c1-6-3-13-10(11)15-9(6)14-8-5-16-4-7(8)2-12/h3,7-8H,4-5H2,1H3,(H,13,14,15). The summed E-state index contributed by atoms with van der Waals surface area (Å²) >= 11 is 5.71. The quantitative estimate of drug-likeness (QED) is 0.789. The van der Waals surface area contributed by atoms with Gasteiger partial charge in [0.05, 0.1) is 31.2 Å². The number of aromatic nitrogens is 2. The molecule has 0 radical (unpaired) electrons. The normalized spacial score (nSPS) is 24.1. The van der Waals surface area contributed by atoms with Crippen LogP contribution in [0, 0.1) is 24.2 Å². The highest BCUT2D eigenvalue weighted by atomic mass is 35.5. The van der Waals surface area contributed by atoms with Crippen LogP contribution in [0.2, 0.25) is 5.28 Å². The Kier molecular flexibility index (Phi) is 3.22. The molecule has 0 aliphatic carbocycles. The van der Waals surface area contributed by atoms with Gasteiger partial charge in [0.25, 0.3) is 0 Å². The monoisotopic (exact) mass is 238 g/mol. The largest absolute Gasteiger partial charge is 0.378 e. The second kappa shape index (κ2) is 4.64. The average molecular weight is 239 g/mol. The van der Waals surface area contributed by atoms with Crippen LogP contribution >= 0.6 is 11.6 Å². The second-order valence-electron chi connectivity index (χ2n) is 3.69. The minimum absolute atomic E-state index is 0.0327. The lowest BCUT2D eigenvalue weighted by Gasteiger charge is -2.15. The smallest absolute Gasteiger partial charge is 0.224 e. The Morgan fingerprint density at radius 2 is 2.44 bits per heavy atom. The lowest BCUT2D eigenvalue weighted by molar-refractivity contribution is 0.190. The fourth-order valence-corrected chi connectivity index (χ4v) is 1.70. The van der Waals surface area contributed by atoms with Crippen molar-refractivity contribution in [2.24, 2.45) is 5.92 Å². The zero-order valence-electron chi connectivity index (χ0n) is 8.77. The van der Waals surface area contributed by atoms with Gasteiger partial charge in [-0.3, -0.25) is 0 Å².